The van der Waals surface area contributed by atoms with Gasteiger partial charge in [0.25, 0.3) is 0 Å². The van der Waals surface area contributed by atoms with Crippen LogP contribution in [-0.4, -0.2) is 16.4 Å². The lowest BCUT2D eigenvalue weighted by molar-refractivity contribution is 0.0735. The third kappa shape index (κ3) is 3.66. The Morgan fingerprint density at radius 1 is 1.00 bits per heavy atom. The molecule has 0 amide bonds. The first-order valence-corrected chi connectivity index (χ1v) is 7.29. The Morgan fingerprint density at radius 2 is 1.58 bits per heavy atom. The molecule has 0 bridgehead atoms. The number of thiocarbonyl (C=S) groups is 1. The molecule has 19 heavy (non-hydrogen) atoms. The fourth-order valence-corrected chi connectivity index (χ4v) is 2.02. The molecule has 0 aliphatic rings. The molecule has 0 aliphatic carbocycles. The fourth-order valence-electron chi connectivity index (χ4n) is 1.51. The summed E-state index contributed by atoms with van der Waals surface area (Å²) in [4.78, 5) is 11.9. The van der Waals surface area contributed by atoms with Gasteiger partial charge in [-0.3, -0.25) is 0 Å². The van der Waals surface area contributed by atoms with E-state index < -0.39 is 0 Å². The number of carbonyl (C=O) groups excluding carboxylic acids is 1. The van der Waals surface area contributed by atoms with Gasteiger partial charge in [0, 0.05) is 0 Å². The van der Waals surface area contributed by atoms with Gasteiger partial charge in [0.15, 0.2) is 0 Å². The maximum Gasteiger partial charge on any atom is 0.343 e. The van der Waals surface area contributed by atoms with Gasteiger partial charge in [0.1, 0.15) is 5.75 Å². The molecule has 4 heteroatoms. The van der Waals surface area contributed by atoms with Crippen molar-refractivity contribution in [3.8, 4) is 5.75 Å². The van der Waals surface area contributed by atoms with Crippen LogP contribution in [0.1, 0.15) is 15.9 Å². The van der Waals surface area contributed by atoms with E-state index in [1.165, 1.54) is 11.8 Å². The molecule has 0 aromatic heterocycles. The van der Waals surface area contributed by atoms with E-state index in [4.69, 9.17) is 17.0 Å². The number of benzene rings is 2. The van der Waals surface area contributed by atoms with Crippen molar-refractivity contribution in [3.63, 3.8) is 0 Å². The highest BCUT2D eigenvalue weighted by atomic mass is 32.2. The van der Waals surface area contributed by atoms with E-state index >= 15 is 0 Å². The third-order valence-corrected chi connectivity index (χ3v) is 3.84. The molecule has 96 valence electrons. The van der Waals surface area contributed by atoms with Crippen LogP contribution >= 0.6 is 24.0 Å². The Morgan fingerprint density at radius 3 is 2.16 bits per heavy atom. The SMILES string of the molecule is CSC(=S)c1ccc(C(=O)Oc2ccccc2)cc1. The number of hydrogen-bond donors (Lipinski definition) is 0. The molecule has 2 aromatic carbocycles. The average molecular weight is 288 g/mol. The van der Waals surface area contributed by atoms with Crippen molar-refractivity contribution in [3.05, 3.63) is 65.7 Å². The van der Waals surface area contributed by atoms with Gasteiger partial charge in [-0.1, -0.05) is 42.5 Å². The maximum absolute atomic E-state index is 11.9. The quantitative estimate of drug-likeness (QED) is 0.485. The zero-order chi connectivity index (χ0) is 13.7. The Balaban J connectivity index is 2.10. The summed E-state index contributed by atoms with van der Waals surface area (Å²) in [5.41, 5.74) is 1.45. The molecule has 0 aliphatic heterocycles. The lowest BCUT2D eigenvalue weighted by Gasteiger charge is -2.05. The number of para-hydroxylation sites is 1. The Kier molecular flexibility index (Phi) is 4.71. The van der Waals surface area contributed by atoms with Gasteiger partial charge >= 0.3 is 5.97 Å². The van der Waals surface area contributed by atoms with Gasteiger partial charge in [-0.05, 0) is 36.1 Å². The molecular weight excluding hydrogens is 276 g/mol. The van der Waals surface area contributed by atoms with Crippen LogP contribution in [0.3, 0.4) is 0 Å². The predicted octanol–water partition coefficient (Wildman–Crippen LogP) is 3.94. The van der Waals surface area contributed by atoms with Crippen molar-refractivity contribution in [1.29, 1.82) is 0 Å². The van der Waals surface area contributed by atoms with Crippen LogP contribution in [0.2, 0.25) is 0 Å². The van der Waals surface area contributed by atoms with Crippen LogP contribution < -0.4 is 4.74 Å². The molecule has 0 spiro atoms. The van der Waals surface area contributed by atoms with Crippen LogP contribution in [0.15, 0.2) is 54.6 Å². The second-order valence-corrected chi connectivity index (χ2v) is 5.25. The van der Waals surface area contributed by atoms with Crippen LogP contribution in [0.4, 0.5) is 0 Å². The minimum atomic E-state index is -0.368. The first-order chi connectivity index (χ1) is 9.20. The van der Waals surface area contributed by atoms with Crippen molar-refractivity contribution in [2.75, 3.05) is 6.26 Å². The minimum absolute atomic E-state index is 0.368. The van der Waals surface area contributed by atoms with Crippen LogP contribution in [-0.2, 0) is 0 Å². The largest absolute Gasteiger partial charge is 0.423 e. The third-order valence-electron chi connectivity index (χ3n) is 2.50. The van der Waals surface area contributed by atoms with E-state index in [0.29, 0.717) is 11.3 Å². The predicted molar refractivity (Wildman–Crippen MR) is 83.1 cm³/mol. The number of thioether (sulfide) groups is 1. The number of esters is 1. The van der Waals surface area contributed by atoms with Crippen molar-refractivity contribution < 1.29 is 9.53 Å². The van der Waals surface area contributed by atoms with Crippen LogP contribution in [0.5, 0.6) is 5.75 Å². The van der Waals surface area contributed by atoms with Gasteiger partial charge in [-0.2, -0.15) is 0 Å². The number of carbonyl (C=O) groups is 1. The Bertz CT molecular complexity index is 577. The minimum Gasteiger partial charge on any atom is -0.423 e. The highest BCUT2D eigenvalue weighted by Gasteiger charge is 2.09. The molecule has 0 atom stereocenters. The van der Waals surface area contributed by atoms with Crippen molar-refractivity contribution in [1.82, 2.24) is 0 Å². The fraction of sp³-hybridized carbons (Fsp3) is 0.0667. The Labute approximate surface area is 121 Å². The summed E-state index contributed by atoms with van der Waals surface area (Å²) in [7, 11) is 0. The van der Waals surface area contributed by atoms with Crippen LogP contribution in [0, 0.1) is 0 Å². The first-order valence-electron chi connectivity index (χ1n) is 5.66. The molecule has 0 saturated carbocycles. The molecule has 2 nitrogen and oxygen atoms in total. The standard InChI is InChI=1S/C15H12O2S2/c1-19-15(18)12-9-7-11(8-10-12)14(16)17-13-5-3-2-4-6-13/h2-10H,1H3. The second kappa shape index (κ2) is 6.50. The van der Waals surface area contributed by atoms with Gasteiger partial charge in [0.2, 0.25) is 0 Å². The van der Waals surface area contributed by atoms with Crippen molar-refractivity contribution >= 4 is 34.1 Å². The van der Waals surface area contributed by atoms with Gasteiger partial charge in [-0.25, -0.2) is 4.79 Å². The topological polar surface area (TPSA) is 26.3 Å². The highest BCUT2D eigenvalue weighted by molar-refractivity contribution is 8.23. The Hall–Kier alpha value is -1.65. The van der Waals surface area contributed by atoms with Gasteiger partial charge < -0.3 is 4.74 Å². The molecule has 0 unspecified atom stereocenters. The molecule has 2 rings (SSSR count). The summed E-state index contributed by atoms with van der Waals surface area (Å²) in [5.74, 6) is 0.170. The highest BCUT2D eigenvalue weighted by Crippen LogP contribution is 2.15. The van der Waals surface area contributed by atoms with E-state index in [1.54, 1.807) is 24.3 Å². The molecule has 2 aromatic rings. The van der Waals surface area contributed by atoms with Crippen molar-refractivity contribution in [2.24, 2.45) is 0 Å². The average Bonchev–Trinajstić information content (AvgIpc) is 2.47. The van der Waals surface area contributed by atoms with E-state index in [-0.39, 0.29) is 5.97 Å². The number of rotatable bonds is 3. The molecule has 0 radical (unpaired) electrons. The maximum atomic E-state index is 11.9. The smallest absolute Gasteiger partial charge is 0.343 e. The first kappa shape index (κ1) is 13.8. The summed E-state index contributed by atoms with van der Waals surface area (Å²) in [5, 5.41) is 0. The molecule has 0 saturated heterocycles. The van der Waals surface area contributed by atoms with E-state index in [2.05, 4.69) is 0 Å². The zero-order valence-corrected chi connectivity index (χ0v) is 12.0. The second-order valence-electron chi connectivity index (χ2n) is 3.77. The molecule has 0 heterocycles. The van der Waals surface area contributed by atoms with Crippen LogP contribution in [0.25, 0.3) is 0 Å². The molecule has 0 N–H and O–H groups in total. The zero-order valence-electron chi connectivity index (χ0n) is 10.3. The van der Waals surface area contributed by atoms with Gasteiger partial charge in [0.05, 0.1) is 9.76 Å². The lowest BCUT2D eigenvalue weighted by Crippen LogP contribution is -2.08. The summed E-state index contributed by atoms with van der Waals surface area (Å²) in [6.07, 6.45) is 1.93. The molecular formula is C15H12O2S2. The lowest BCUT2D eigenvalue weighted by atomic mass is 10.1. The normalized spacial score (nSPS) is 9.95. The summed E-state index contributed by atoms with van der Waals surface area (Å²) < 4.78 is 6.06. The van der Waals surface area contributed by atoms with E-state index in [9.17, 15) is 4.79 Å². The van der Waals surface area contributed by atoms with Crippen molar-refractivity contribution in [2.45, 2.75) is 0 Å². The van der Waals surface area contributed by atoms with E-state index in [0.717, 1.165) is 9.76 Å². The summed E-state index contributed by atoms with van der Waals surface area (Å²) >= 11 is 6.69. The summed E-state index contributed by atoms with van der Waals surface area (Å²) in [6, 6.07) is 16.1. The molecule has 0 fully saturated rings. The summed E-state index contributed by atoms with van der Waals surface area (Å²) in [6.45, 7) is 0. The van der Waals surface area contributed by atoms with E-state index in [1.807, 2.05) is 36.6 Å². The number of ether oxygens (including phenoxy) is 1. The van der Waals surface area contributed by atoms with Gasteiger partial charge in [-0.15, -0.1) is 11.8 Å². The monoisotopic (exact) mass is 288 g/mol. The number of hydrogen-bond acceptors (Lipinski definition) is 4.